The molecule has 6 N–H and O–H groups in total. The molecule has 1 aliphatic carbocycles. The molecule has 1 saturated heterocycles. The van der Waals surface area contributed by atoms with E-state index in [0.29, 0.717) is 12.0 Å². The molecule has 0 bridgehead atoms. The summed E-state index contributed by atoms with van der Waals surface area (Å²) in [6.07, 6.45) is -6.64. The molecule has 3 aliphatic rings. The molecule has 2 fully saturated rings. The molecule has 228 valence electrons. The lowest BCUT2D eigenvalue weighted by atomic mass is 9.83. The Labute approximate surface area is 232 Å². The van der Waals surface area contributed by atoms with Crippen molar-refractivity contribution in [1.82, 2.24) is 0 Å². The molecule has 13 nitrogen and oxygen atoms in total. The smallest absolute Gasteiger partial charge is 0.337 e. The van der Waals surface area contributed by atoms with Crippen molar-refractivity contribution in [3.63, 3.8) is 0 Å². The minimum atomic E-state index is -1.69. The minimum absolute atomic E-state index is 0.0256. The van der Waals surface area contributed by atoms with E-state index in [1.165, 1.54) is 7.11 Å². The Hall–Kier alpha value is -2.10. The fraction of sp³-hybridized carbons (Fsp3) is 0.778. The fourth-order valence-corrected chi connectivity index (χ4v) is 5.75. The van der Waals surface area contributed by atoms with Gasteiger partial charge in [-0.3, -0.25) is 4.79 Å². The summed E-state index contributed by atoms with van der Waals surface area (Å²) in [5.74, 6) is -2.67. The van der Waals surface area contributed by atoms with E-state index in [-0.39, 0.29) is 48.9 Å². The number of hydrogen-bond acceptors (Lipinski definition) is 13. The molecule has 2 aliphatic heterocycles. The third-order valence-electron chi connectivity index (χ3n) is 8.40. The quantitative estimate of drug-likeness (QED) is 0.137. The van der Waals surface area contributed by atoms with Gasteiger partial charge in [0.2, 0.25) is 6.29 Å². The van der Waals surface area contributed by atoms with Crippen LogP contribution in [0, 0.1) is 29.6 Å². The van der Waals surface area contributed by atoms with Crippen molar-refractivity contribution in [3.05, 3.63) is 23.5 Å². The van der Waals surface area contributed by atoms with Gasteiger partial charge in [0.05, 0.1) is 44.7 Å². The number of allylic oxidation sites excluding steroid dienone is 1. The number of esters is 2. The maximum absolute atomic E-state index is 13.1. The van der Waals surface area contributed by atoms with Crippen molar-refractivity contribution in [2.45, 2.75) is 76.7 Å². The van der Waals surface area contributed by atoms with Crippen LogP contribution in [0.1, 0.15) is 33.6 Å². The first-order chi connectivity index (χ1) is 19.0. The topological polar surface area (TPSA) is 202 Å². The predicted molar refractivity (Wildman–Crippen MR) is 136 cm³/mol. The summed E-state index contributed by atoms with van der Waals surface area (Å²) in [6, 6.07) is 0. The van der Waals surface area contributed by atoms with Crippen molar-refractivity contribution in [2.24, 2.45) is 29.6 Å². The molecule has 0 amide bonds. The van der Waals surface area contributed by atoms with Gasteiger partial charge in [-0.2, -0.15) is 0 Å². The standard InChI is InChI=1S/C27H42O13/c1-5-14-16(7-21(31)37-10-17-13(3)19(30)6-15(17)12(2)8-28)18(25(35)36-4)11-38-26(14)40-27-24(34)23(33)22(32)20(9-29)39-27/h5,11-13,15-17,19-20,22-24,26-30,32-34H,6-10H2,1-4H3/b14-5+/t12-,13+,15+,16+,17-,19+,20-,22-,23+,24-,26+,27+/m1/s1. The van der Waals surface area contributed by atoms with Crippen LogP contribution in [0.25, 0.3) is 0 Å². The highest BCUT2D eigenvalue weighted by Gasteiger charge is 2.47. The first kappa shape index (κ1) is 32.4. The van der Waals surface area contributed by atoms with E-state index < -0.39 is 67.6 Å². The van der Waals surface area contributed by atoms with Gasteiger partial charge in [-0.1, -0.05) is 19.9 Å². The van der Waals surface area contributed by atoms with Gasteiger partial charge in [-0.25, -0.2) is 4.79 Å². The first-order valence-corrected chi connectivity index (χ1v) is 13.5. The highest BCUT2D eigenvalue weighted by Crippen LogP contribution is 2.42. The lowest BCUT2D eigenvalue weighted by Crippen LogP contribution is -2.60. The largest absolute Gasteiger partial charge is 0.468 e. The summed E-state index contributed by atoms with van der Waals surface area (Å²) in [4.78, 5) is 25.6. The molecule has 0 aromatic heterocycles. The number of aliphatic hydroxyl groups excluding tert-OH is 6. The Balaban J connectivity index is 1.75. The molecule has 2 heterocycles. The van der Waals surface area contributed by atoms with Crippen molar-refractivity contribution in [3.8, 4) is 0 Å². The summed E-state index contributed by atoms with van der Waals surface area (Å²) < 4.78 is 27.2. The van der Waals surface area contributed by atoms with Gasteiger partial charge in [0.15, 0.2) is 6.29 Å². The van der Waals surface area contributed by atoms with Gasteiger partial charge in [-0.15, -0.1) is 0 Å². The van der Waals surface area contributed by atoms with E-state index in [0.717, 1.165) is 6.26 Å². The van der Waals surface area contributed by atoms with Gasteiger partial charge in [0.1, 0.15) is 24.4 Å². The van der Waals surface area contributed by atoms with Crippen molar-refractivity contribution in [2.75, 3.05) is 26.9 Å². The average molecular weight is 575 g/mol. The van der Waals surface area contributed by atoms with Crippen LogP contribution in [0.5, 0.6) is 0 Å². The number of rotatable bonds is 10. The summed E-state index contributed by atoms with van der Waals surface area (Å²) >= 11 is 0. The van der Waals surface area contributed by atoms with Crippen LogP contribution in [-0.4, -0.2) is 113 Å². The molecular formula is C27H42O13. The van der Waals surface area contributed by atoms with Crippen LogP contribution in [0.15, 0.2) is 23.5 Å². The second-order valence-electron chi connectivity index (χ2n) is 10.7. The summed E-state index contributed by atoms with van der Waals surface area (Å²) in [5, 5.41) is 59.9. The monoisotopic (exact) mass is 574 g/mol. The zero-order valence-electron chi connectivity index (χ0n) is 23.2. The molecular weight excluding hydrogens is 532 g/mol. The molecule has 1 saturated carbocycles. The van der Waals surface area contributed by atoms with E-state index >= 15 is 0 Å². The number of hydrogen-bond donors (Lipinski definition) is 6. The molecule has 0 spiro atoms. The third-order valence-corrected chi connectivity index (χ3v) is 8.40. The molecule has 0 radical (unpaired) electrons. The number of carbonyl (C=O) groups excluding carboxylic acids is 2. The number of carbonyl (C=O) groups is 2. The zero-order valence-corrected chi connectivity index (χ0v) is 23.2. The van der Waals surface area contributed by atoms with Gasteiger partial charge < -0.3 is 54.3 Å². The van der Waals surface area contributed by atoms with Crippen LogP contribution in [0.3, 0.4) is 0 Å². The summed E-state index contributed by atoms with van der Waals surface area (Å²) in [5.41, 5.74) is 0.339. The Bertz CT molecular complexity index is 933. The lowest BCUT2D eigenvalue weighted by Gasteiger charge is -2.41. The maximum atomic E-state index is 13.1. The highest BCUT2D eigenvalue weighted by atomic mass is 16.8. The molecule has 40 heavy (non-hydrogen) atoms. The van der Waals surface area contributed by atoms with Crippen LogP contribution >= 0.6 is 0 Å². The molecule has 0 aromatic carbocycles. The Morgan fingerprint density at radius 2 is 1.85 bits per heavy atom. The third kappa shape index (κ3) is 6.85. The molecule has 0 aromatic rings. The maximum Gasteiger partial charge on any atom is 0.337 e. The Morgan fingerprint density at radius 1 is 1.15 bits per heavy atom. The Morgan fingerprint density at radius 3 is 2.45 bits per heavy atom. The van der Waals surface area contributed by atoms with Crippen LogP contribution in [0.2, 0.25) is 0 Å². The predicted octanol–water partition coefficient (Wildman–Crippen LogP) is -1.03. The van der Waals surface area contributed by atoms with Crippen molar-refractivity contribution in [1.29, 1.82) is 0 Å². The van der Waals surface area contributed by atoms with Crippen LogP contribution < -0.4 is 0 Å². The van der Waals surface area contributed by atoms with Gasteiger partial charge in [-0.05, 0) is 31.1 Å². The molecule has 0 unspecified atom stereocenters. The highest BCUT2D eigenvalue weighted by molar-refractivity contribution is 5.90. The summed E-state index contributed by atoms with van der Waals surface area (Å²) in [7, 11) is 1.18. The van der Waals surface area contributed by atoms with Crippen LogP contribution in [-0.2, 0) is 33.3 Å². The van der Waals surface area contributed by atoms with E-state index in [1.807, 2.05) is 13.8 Å². The Kier molecular flexibility index (Phi) is 11.5. The van der Waals surface area contributed by atoms with E-state index in [9.17, 15) is 40.2 Å². The van der Waals surface area contributed by atoms with E-state index in [2.05, 4.69) is 0 Å². The molecule has 13 heteroatoms. The van der Waals surface area contributed by atoms with Gasteiger partial charge in [0.25, 0.3) is 0 Å². The average Bonchev–Trinajstić information content (AvgIpc) is 3.24. The lowest BCUT2D eigenvalue weighted by molar-refractivity contribution is -0.327. The van der Waals surface area contributed by atoms with Gasteiger partial charge in [0, 0.05) is 24.0 Å². The summed E-state index contributed by atoms with van der Waals surface area (Å²) in [6.45, 7) is 4.72. The zero-order chi connectivity index (χ0) is 29.7. The number of ether oxygens (including phenoxy) is 5. The SMILES string of the molecule is C/C=C1/[C@H](O[C@@H]2O[C@H](CO)[C@@H](O)[C@H](O)[C@H]2O)OC=C(C(=O)OC)[C@H]1CC(=O)OC[C@@H]1[C@H](C)[C@@H](O)C[C@H]1[C@H](C)CO. The minimum Gasteiger partial charge on any atom is -0.468 e. The van der Waals surface area contributed by atoms with Gasteiger partial charge >= 0.3 is 11.9 Å². The van der Waals surface area contributed by atoms with E-state index in [1.54, 1.807) is 13.0 Å². The van der Waals surface area contributed by atoms with Crippen molar-refractivity contribution < 1.29 is 63.9 Å². The van der Waals surface area contributed by atoms with Crippen LogP contribution in [0.4, 0.5) is 0 Å². The first-order valence-electron chi connectivity index (χ1n) is 13.5. The second-order valence-corrected chi connectivity index (χ2v) is 10.7. The number of aliphatic hydroxyl groups is 6. The van der Waals surface area contributed by atoms with Crippen molar-refractivity contribution >= 4 is 11.9 Å². The molecule has 12 atom stereocenters. The van der Waals surface area contributed by atoms with E-state index in [4.69, 9.17) is 23.7 Å². The fourth-order valence-electron chi connectivity index (χ4n) is 5.75. The normalized spacial score (nSPS) is 39.8. The second kappa shape index (κ2) is 14.2. The number of methoxy groups -OCH3 is 1. The molecule has 3 rings (SSSR count).